The Morgan fingerprint density at radius 1 is 1.55 bits per heavy atom. The van der Waals surface area contributed by atoms with E-state index in [0.717, 1.165) is 27.4 Å². The molecule has 0 radical (unpaired) electrons. The molecule has 2 aromatic heterocycles. The van der Waals surface area contributed by atoms with Crippen molar-refractivity contribution in [1.82, 2.24) is 14.5 Å². The Kier molecular flexibility index (Phi) is 4.01. The van der Waals surface area contributed by atoms with Crippen LogP contribution in [0.2, 0.25) is 5.15 Å². The third-order valence-electron chi connectivity index (χ3n) is 3.87. The van der Waals surface area contributed by atoms with Crippen molar-refractivity contribution < 1.29 is 4.79 Å². The van der Waals surface area contributed by atoms with Crippen LogP contribution in [0.25, 0.3) is 11.0 Å². The minimum absolute atomic E-state index is 0.144. The SMILES string of the molecule is NBC(=O)C[C@H]1C[C@H](n2cc(I)c3c(Cl)ncnc32)C1. The molecule has 1 aliphatic rings. The Morgan fingerprint density at radius 3 is 3.00 bits per heavy atom. The topological polar surface area (TPSA) is 73.8 Å². The zero-order valence-electron chi connectivity index (χ0n) is 10.7. The molecule has 1 fully saturated rings. The summed E-state index contributed by atoms with van der Waals surface area (Å²) >= 11 is 8.38. The second-order valence-corrected chi connectivity index (χ2v) is 6.71. The first-order valence-electron chi connectivity index (χ1n) is 6.48. The molecule has 3 rings (SSSR count). The third kappa shape index (κ3) is 2.46. The number of carbonyl (C=O) groups is 1. The summed E-state index contributed by atoms with van der Waals surface area (Å²) in [7, 11) is 0.147. The number of carbonyl (C=O) groups excluding carboxylic acids is 1. The van der Waals surface area contributed by atoms with Crippen LogP contribution >= 0.6 is 34.2 Å². The first kappa shape index (κ1) is 14.3. The van der Waals surface area contributed by atoms with Crippen molar-refractivity contribution in [1.29, 1.82) is 0 Å². The summed E-state index contributed by atoms with van der Waals surface area (Å²) in [4.78, 5) is 19.7. The first-order valence-corrected chi connectivity index (χ1v) is 7.94. The molecule has 0 saturated heterocycles. The summed E-state index contributed by atoms with van der Waals surface area (Å²) in [5.41, 5.74) is 6.37. The van der Waals surface area contributed by atoms with E-state index >= 15 is 0 Å². The van der Waals surface area contributed by atoms with E-state index < -0.39 is 0 Å². The van der Waals surface area contributed by atoms with E-state index in [1.54, 1.807) is 0 Å². The zero-order valence-corrected chi connectivity index (χ0v) is 13.6. The molecule has 0 bridgehead atoms. The van der Waals surface area contributed by atoms with Crippen molar-refractivity contribution >= 4 is 58.3 Å². The Hall–Kier alpha value is -0.665. The monoisotopic (exact) mass is 402 g/mol. The standard InChI is InChI=1S/C12H13BClIN4O/c14-11-10-8(15)4-19(12(10)18-5-17-11)7-1-6(2-7)3-9(20)13-16/h4-7,13H,1-3,16H2/t6-,7-. The normalized spacial score (nSPS) is 21.8. The fraction of sp³-hybridized carbons (Fsp3) is 0.417. The van der Waals surface area contributed by atoms with E-state index in [2.05, 4.69) is 43.3 Å². The number of fused-ring (bicyclic) bond motifs is 1. The predicted octanol–water partition coefficient (Wildman–Crippen LogP) is 1.87. The Morgan fingerprint density at radius 2 is 2.30 bits per heavy atom. The predicted molar refractivity (Wildman–Crippen MR) is 88.0 cm³/mol. The average molecular weight is 402 g/mol. The lowest BCUT2D eigenvalue weighted by molar-refractivity contribution is -0.113. The van der Waals surface area contributed by atoms with Gasteiger partial charge >= 0.3 is 0 Å². The highest BCUT2D eigenvalue weighted by molar-refractivity contribution is 14.1. The van der Waals surface area contributed by atoms with Gasteiger partial charge in [-0.25, -0.2) is 9.97 Å². The number of aromatic nitrogens is 3. The van der Waals surface area contributed by atoms with Crippen LogP contribution in [0.5, 0.6) is 0 Å². The van der Waals surface area contributed by atoms with Gasteiger partial charge in [0.05, 0.1) is 5.39 Å². The maximum absolute atomic E-state index is 11.3. The molecular formula is C12H13BClIN4O. The maximum Gasteiger partial charge on any atom is 0.280 e. The van der Waals surface area contributed by atoms with Gasteiger partial charge in [0.25, 0.3) is 7.41 Å². The smallest absolute Gasteiger partial charge is 0.280 e. The number of hydrogen-bond acceptors (Lipinski definition) is 4. The molecule has 2 N–H and O–H groups in total. The molecular weight excluding hydrogens is 389 g/mol. The fourth-order valence-corrected chi connectivity index (χ4v) is 3.97. The summed E-state index contributed by atoms with van der Waals surface area (Å²) in [5, 5.41) is 1.41. The summed E-state index contributed by atoms with van der Waals surface area (Å²) < 4.78 is 3.22. The summed E-state index contributed by atoms with van der Waals surface area (Å²) in [6.07, 6.45) is 6.14. The van der Waals surface area contributed by atoms with Gasteiger partial charge in [0.1, 0.15) is 22.8 Å². The molecule has 5 nitrogen and oxygen atoms in total. The maximum atomic E-state index is 11.3. The van der Waals surface area contributed by atoms with E-state index in [4.69, 9.17) is 17.2 Å². The zero-order chi connectivity index (χ0) is 14.3. The molecule has 1 saturated carbocycles. The molecule has 20 heavy (non-hydrogen) atoms. The Labute approximate surface area is 135 Å². The number of hydrogen-bond donors (Lipinski definition) is 1. The highest BCUT2D eigenvalue weighted by atomic mass is 127. The fourth-order valence-electron chi connectivity index (χ4n) is 2.78. The highest BCUT2D eigenvalue weighted by Crippen LogP contribution is 2.42. The van der Waals surface area contributed by atoms with E-state index in [1.165, 1.54) is 6.33 Å². The van der Waals surface area contributed by atoms with Crippen molar-refractivity contribution in [2.75, 3.05) is 0 Å². The van der Waals surface area contributed by atoms with Gasteiger partial charge in [-0.15, -0.1) is 0 Å². The number of rotatable bonds is 4. The van der Waals surface area contributed by atoms with E-state index in [-0.39, 0.29) is 13.1 Å². The molecule has 0 aromatic carbocycles. The van der Waals surface area contributed by atoms with Crippen molar-refractivity contribution in [3.63, 3.8) is 0 Å². The average Bonchev–Trinajstić information content (AvgIpc) is 2.71. The van der Waals surface area contributed by atoms with Crippen molar-refractivity contribution in [2.45, 2.75) is 25.3 Å². The van der Waals surface area contributed by atoms with Gasteiger partial charge in [-0.1, -0.05) is 11.6 Å². The van der Waals surface area contributed by atoms with Crippen LogP contribution in [0.15, 0.2) is 12.5 Å². The van der Waals surface area contributed by atoms with E-state index in [1.807, 2.05) is 0 Å². The van der Waals surface area contributed by atoms with Gasteiger partial charge in [0, 0.05) is 22.2 Å². The van der Waals surface area contributed by atoms with Gasteiger partial charge in [-0.3, -0.25) is 0 Å². The van der Waals surface area contributed by atoms with Gasteiger partial charge in [0.2, 0.25) is 0 Å². The minimum atomic E-state index is 0.144. The Bertz CT molecular complexity index is 671. The van der Waals surface area contributed by atoms with Crippen LogP contribution in [0, 0.1) is 9.49 Å². The second-order valence-electron chi connectivity index (χ2n) is 5.19. The molecule has 0 aliphatic heterocycles. The number of nitrogens with zero attached hydrogens (tertiary/aromatic N) is 3. The van der Waals surface area contributed by atoms with Crippen molar-refractivity contribution in [3.05, 3.63) is 21.2 Å². The molecule has 104 valence electrons. The second kappa shape index (κ2) is 5.61. The van der Waals surface area contributed by atoms with Gasteiger partial charge in [-0.2, -0.15) is 0 Å². The van der Waals surface area contributed by atoms with Gasteiger partial charge < -0.3 is 15.0 Å². The molecule has 2 aromatic rings. The van der Waals surface area contributed by atoms with Gasteiger partial charge in [0.15, 0.2) is 0 Å². The van der Waals surface area contributed by atoms with Crippen molar-refractivity contribution in [2.24, 2.45) is 11.6 Å². The van der Waals surface area contributed by atoms with Crippen molar-refractivity contribution in [3.8, 4) is 0 Å². The molecule has 1 aliphatic carbocycles. The minimum Gasteiger partial charge on any atom is -0.366 e. The van der Waals surface area contributed by atoms with Crippen LogP contribution in [0.3, 0.4) is 0 Å². The summed E-state index contributed by atoms with van der Waals surface area (Å²) in [6, 6.07) is 0.391. The third-order valence-corrected chi connectivity index (χ3v) is 4.97. The van der Waals surface area contributed by atoms with Crippen LogP contribution in [0.1, 0.15) is 25.3 Å². The summed E-state index contributed by atoms with van der Waals surface area (Å²) in [5.74, 6) is 0.448. The van der Waals surface area contributed by atoms with Gasteiger partial charge in [-0.05, 0) is 41.4 Å². The lowest BCUT2D eigenvalue weighted by atomic mass is 9.72. The van der Waals surface area contributed by atoms with Crippen LogP contribution < -0.4 is 5.64 Å². The highest BCUT2D eigenvalue weighted by Gasteiger charge is 2.33. The first-order chi connectivity index (χ1) is 9.60. The number of nitrogens with two attached hydrogens (primary N) is 1. The molecule has 2 heterocycles. The lowest BCUT2D eigenvalue weighted by Crippen LogP contribution is -2.31. The van der Waals surface area contributed by atoms with Crippen LogP contribution in [0.4, 0.5) is 0 Å². The molecule has 0 atom stereocenters. The number of halogens is 2. The van der Waals surface area contributed by atoms with E-state index in [9.17, 15) is 4.79 Å². The van der Waals surface area contributed by atoms with Crippen LogP contribution in [-0.2, 0) is 4.79 Å². The largest absolute Gasteiger partial charge is 0.366 e. The summed E-state index contributed by atoms with van der Waals surface area (Å²) in [6.45, 7) is 0. The van der Waals surface area contributed by atoms with E-state index in [0.29, 0.717) is 23.5 Å². The quantitative estimate of drug-likeness (QED) is 0.481. The molecule has 0 amide bonds. The lowest BCUT2D eigenvalue weighted by Gasteiger charge is -2.36. The molecule has 0 spiro atoms. The Balaban J connectivity index is 1.80. The molecule has 0 unspecified atom stereocenters. The molecule has 8 heteroatoms. The van der Waals surface area contributed by atoms with Crippen LogP contribution in [-0.4, -0.2) is 27.6 Å².